The molecule has 2 aliphatic rings. The second kappa shape index (κ2) is 10.6. The van der Waals surface area contributed by atoms with Crippen LogP contribution in [0.15, 0.2) is 42.0 Å². The van der Waals surface area contributed by atoms with Crippen molar-refractivity contribution in [3.05, 3.63) is 64.2 Å². The van der Waals surface area contributed by atoms with Crippen LogP contribution in [0.2, 0.25) is 0 Å². The summed E-state index contributed by atoms with van der Waals surface area (Å²) in [5, 5.41) is 0. The first kappa shape index (κ1) is 24.3. The monoisotopic (exact) mass is 462 g/mol. The Labute approximate surface area is 204 Å². The fourth-order valence-electron chi connectivity index (χ4n) is 5.10. The maximum absolute atomic E-state index is 12.1. The summed E-state index contributed by atoms with van der Waals surface area (Å²) in [4.78, 5) is 16.2. The van der Waals surface area contributed by atoms with Gasteiger partial charge in [-0.3, -0.25) is 9.69 Å². The van der Waals surface area contributed by atoms with E-state index in [4.69, 9.17) is 9.47 Å². The van der Waals surface area contributed by atoms with Crippen molar-refractivity contribution >= 4 is 11.5 Å². The van der Waals surface area contributed by atoms with Gasteiger partial charge in [0.1, 0.15) is 18.1 Å². The van der Waals surface area contributed by atoms with Gasteiger partial charge in [0.15, 0.2) is 0 Å². The number of carbonyl (C=O) groups is 1. The topological polar surface area (TPSA) is 42.0 Å². The summed E-state index contributed by atoms with van der Waals surface area (Å²) >= 11 is 0. The van der Waals surface area contributed by atoms with Crippen molar-refractivity contribution in [2.75, 3.05) is 40.8 Å². The van der Waals surface area contributed by atoms with Gasteiger partial charge in [0.25, 0.3) is 0 Å². The Balaban J connectivity index is 1.38. The van der Waals surface area contributed by atoms with Crippen molar-refractivity contribution in [3.63, 3.8) is 0 Å². The molecular weight excluding hydrogens is 424 g/mol. The van der Waals surface area contributed by atoms with Crippen molar-refractivity contribution in [2.24, 2.45) is 5.92 Å². The number of nitrogens with zero attached hydrogens (tertiary/aromatic N) is 2. The largest absolute Gasteiger partial charge is 0.496 e. The maximum atomic E-state index is 12.1. The summed E-state index contributed by atoms with van der Waals surface area (Å²) in [6, 6.07) is 12.9. The molecule has 0 saturated carbocycles. The van der Waals surface area contributed by atoms with E-state index in [1.165, 1.54) is 27.8 Å². The average molecular weight is 463 g/mol. The molecule has 1 saturated heterocycles. The molecule has 182 valence electrons. The van der Waals surface area contributed by atoms with Crippen molar-refractivity contribution in [2.45, 2.75) is 46.1 Å². The number of hydrogen-bond donors (Lipinski definition) is 0. The quantitative estimate of drug-likeness (QED) is 0.528. The summed E-state index contributed by atoms with van der Waals surface area (Å²) in [6.07, 6.45) is 4.28. The molecule has 0 N–H and O–H groups in total. The Hall–Kier alpha value is -2.79. The zero-order valence-corrected chi connectivity index (χ0v) is 21.3. The van der Waals surface area contributed by atoms with Crippen LogP contribution in [0.4, 0.5) is 0 Å². The molecule has 0 bridgehead atoms. The Morgan fingerprint density at radius 3 is 2.62 bits per heavy atom. The minimum absolute atomic E-state index is 0.160. The second-order valence-corrected chi connectivity index (χ2v) is 9.86. The second-order valence-electron chi connectivity index (χ2n) is 9.86. The van der Waals surface area contributed by atoms with Gasteiger partial charge in [-0.1, -0.05) is 37.1 Å². The molecule has 0 unspecified atom stereocenters. The van der Waals surface area contributed by atoms with Crippen molar-refractivity contribution in [3.8, 4) is 11.5 Å². The van der Waals surface area contributed by atoms with Crippen LogP contribution in [0.3, 0.4) is 0 Å². The number of ether oxygens (including phenoxy) is 2. The SMILES string of the molecule is CCCc1ccc(COc2ccc3c(c2)CCC(CN2CC(C(=O)N(C)C)C2)=C3C)c(OC)c1. The molecule has 5 nitrogen and oxygen atoms in total. The van der Waals surface area contributed by atoms with E-state index in [9.17, 15) is 4.79 Å². The number of amides is 1. The molecule has 0 radical (unpaired) electrons. The molecule has 1 heterocycles. The highest BCUT2D eigenvalue weighted by molar-refractivity contribution is 5.79. The van der Waals surface area contributed by atoms with Crippen LogP contribution in [0.5, 0.6) is 11.5 Å². The highest BCUT2D eigenvalue weighted by Crippen LogP contribution is 2.35. The Morgan fingerprint density at radius 1 is 1.12 bits per heavy atom. The highest BCUT2D eigenvalue weighted by Gasteiger charge is 2.34. The molecule has 1 fully saturated rings. The third-order valence-corrected chi connectivity index (χ3v) is 7.15. The van der Waals surface area contributed by atoms with Crippen LogP contribution >= 0.6 is 0 Å². The molecule has 1 amide bonds. The number of likely N-dealkylation sites (tertiary alicyclic amines) is 1. The number of allylic oxidation sites excluding steroid dienone is 1. The fraction of sp³-hybridized carbons (Fsp3) is 0.483. The predicted octanol–water partition coefficient (Wildman–Crippen LogP) is 4.97. The number of carbonyl (C=O) groups excluding carboxylic acids is 1. The lowest BCUT2D eigenvalue weighted by Gasteiger charge is -2.40. The van der Waals surface area contributed by atoms with Gasteiger partial charge in [0, 0.05) is 39.3 Å². The number of benzene rings is 2. The van der Waals surface area contributed by atoms with E-state index >= 15 is 0 Å². The van der Waals surface area contributed by atoms with E-state index in [2.05, 4.69) is 55.1 Å². The lowest BCUT2D eigenvalue weighted by atomic mass is 9.85. The molecule has 0 atom stereocenters. The van der Waals surface area contributed by atoms with Crippen molar-refractivity contribution in [1.29, 1.82) is 0 Å². The fourth-order valence-corrected chi connectivity index (χ4v) is 5.10. The van der Waals surface area contributed by atoms with Crippen LogP contribution in [-0.2, 0) is 24.2 Å². The van der Waals surface area contributed by atoms with E-state index < -0.39 is 0 Å². The standard InChI is InChI=1S/C29H38N2O3/c1-6-7-21-8-9-24(28(14-21)33-5)19-34-26-12-13-27-20(2)23(11-10-22(27)15-26)16-31-17-25(18-31)29(32)30(3)4/h8-9,12-15,25H,6-7,10-11,16-19H2,1-5H3. The lowest BCUT2D eigenvalue weighted by Crippen LogP contribution is -2.53. The normalized spacial score (nSPS) is 16.1. The lowest BCUT2D eigenvalue weighted by molar-refractivity contribution is -0.138. The molecular formula is C29H38N2O3. The van der Waals surface area contributed by atoms with Gasteiger partial charge >= 0.3 is 0 Å². The zero-order valence-electron chi connectivity index (χ0n) is 21.3. The Kier molecular flexibility index (Phi) is 7.62. The summed E-state index contributed by atoms with van der Waals surface area (Å²) in [5.74, 6) is 2.21. The molecule has 0 aromatic heterocycles. The van der Waals surface area contributed by atoms with E-state index in [-0.39, 0.29) is 11.8 Å². The van der Waals surface area contributed by atoms with Gasteiger partial charge in [-0.05, 0) is 66.6 Å². The molecule has 34 heavy (non-hydrogen) atoms. The first-order valence-corrected chi connectivity index (χ1v) is 12.4. The Morgan fingerprint density at radius 2 is 1.91 bits per heavy atom. The van der Waals surface area contributed by atoms with E-state index in [0.29, 0.717) is 6.61 Å². The van der Waals surface area contributed by atoms with Crippen LogP contribution in [-0.4, -0.2) is 56.5 Å². The van der Waals surface area contributed by atoms with Crippen LogP contribution in [0, 0.1) is 5.92 Å². The van der Waals surface area contributed by atoms with Gasteiger partial charge in [0.2, 0.25) is 5.91 Å². The van der Waals surface area contributed by atoms with Crippen molar-refractivity contribution in [1.82, 2.24) is 9.80 Å². The van der Waals surface area contributed by atoms with Gasteiger partial charge in [-0.15, -0.1) is 0 Å². The molecule has 0 spiro atoms. The summed E-state index contributed by atoms with van der Waals surface area (Å²) in [5.41, 5.74) is 7.93. The summed E-state index contributed by atoms with van der Waals surface area (Å²) in [6.45, 7) is 7.63. The molecule has 2 aromatic rings. The third kappa shape index (κ3) is 5.30. The minimum Gasteiger partial charge on any atom is -0.496 e. The van der Waals surface area contributed by atoms with Gasteiger partial charge in [-0.2, -0.15) is 0 Å². The predicted molar refractivity (Wildman–Crippen MR) is 137 cm³/mol. The van der Waals surface area contributed by atoms with Gasteiger partial charge in [-0.25, -0.2) is 0 Å². The van der Waals surface area contributed by atoms with E-state index in [0.717, 1.165) is 62.4 Å². The molecule has 5 heteroatoms. The molecule has 2 aromatic carbocycles. The number of rotatable bonds is 9. The first-order chi connectivity index (χ1) is 16.4. The number of aryl methyl sites for hydroxylation is 2. The first-order valence-electron chi connectivity index (χ1n) is 12.4. The maximum Gasteiger partial charge on any atom is 0.227 e. The van der Waals surface area contributed by atoms with Crippen LogP contribution in [0.1, 0.15) is 48.9 Å². The number of methoxy groups -OCH3 is 1. The molecule has 1 aliphatic carbocycles. The summed E-state index contributed by atoms with van der Waals surface area (Å²) in [7, 11) is 5.40. The number of hydrogen-bond acceptors (Lipinski definition) is 4. The third-order valence-electron chi connectivity index (χ3n) is 7.15. The summed E-state index contributed by atoms with van der Waals surface area (Å²) < 4.78 is 11.8. The molecule has 1 aliphatic heterocycles. The minimum atomic E-state index is 0.160. The van der Waals surface area contributed by atoms with E-state index in [1.807, 2.05) is 14.1 Å². The Bertz CT molecular complexity index is 1070. The van der Waals surface area contributed by atoms with E-state index in [1.54, 1.807) is 12.0 Å². The van der Waals surface area contributed by atoms with Gasteiger partial charge < -0.3 is 14.4 Å². The average Bonchev–Trinajstić information content (AvgIpc) is 2.81. The smallest absolute Gasteiger partial charge is 0.227 e. The van der Waals surface area contributed by atoms with Crippen molar-refractivity contribution < 1.29 is 14.3 Å². The molecule has 4 rings (SSSR count). The van der Waals surface area contributed by atoms with Gasteiger partial charge in [0.05, 0.1) is 13.0 Å². The highest BCUT2D eigenvalue weighted by atomic mass is 16.5. The number of fused-ring (bicyclic) bond motifs is 1. The van der Waals surface area contributed by atoms with Crippen LogP contribution in [0.25, 0.3) is 5.57 Å². The zero-order chi connectivity index (χ0) is 24.2. The van der Waals surface area contributed by atoms with Crippen LogP contribution < -0.4 is 9.47 Å².